The van der Waals surface area contributed by atoms with Gasteiger partial charge in [0, 0.05) is 31.2 Å². The van der Waals surface area contributed by atoms with Gasteiger partial charge in [0.15, 0.2) is 0 Å². The summed E-state index contributed by atoms with van der Waals surface area (Å²) in [5, 5.41) is 3.45. The van der Waals surface area contributed by atoms with E-state index in [4.69, 9.17) is 0 Å². The lowest BCUT2D eigenvalue weighted by molar-refractivity contribution is 0.109. The Kier molecular flexibility index (Phi) is 6.45. The minimum Gasteiger partial charge on any atom is -0.324 e. The number of amides is 2. The van der Waals surface area contributed by atoms with Gasteiger partial charge >= 0.3 is 6.03 Å². The number of carbonyl (C=O) groups is 1. The number of nitrogens with zero attached hydrogens (tertiary/aromatic N) is 3. The highest BCUT2D eigenvalue weighted by molar-refractivity contribution is 5.75. The number of urea groups is 1. The van der Waals surface area contributed by atoms with Crippen molar-refractivity contribution >= 4 is 6.03 Å². The first kappa shape index (κ1) is 20.7. The number of hydrogen-bond acceptors (Lipinski definition) is 3. The lowest BCUT2D eigenvalue weighted by Crippen LogP contribution is -2.52. The van der Waals surface area contributed by atoms with E-state index in [1.807, 2.05) is 0 Å². The van der Waals surface area contributed by atoms with Crippen LogP contribution in [0.3, 0.4) is 0 Å². The molecule has 1 aromatic rings. The molecule has 4 rings (SSSR count). The fourth-order valence-corrected chi connectivity index (χ4v) is 5.34. The van der Waals surface area contributed by atoms with Crippen LogP contribution < -0.4 is 5.32 Å². The minimum absolute atomic E-state index is 0.00648. The molecule has 5 nitrogen and oxygen atoms in total. The summed E-state index contributed by atoms with van der Waals surface area (Å²) in [4.78, 5) is 20.5. The number of piperidine rings is 1. The van der Waals surface area contributed by atoms with E-state index in [0.717, 1.165) is 70.7 Å². The normalized spacial score (nSPS) is 27.6. The zero-order chi connectivity index (χ0) is 20.3. The Morgan fingerprint density at radius 2 is 1.76 bits per heavy atom. The van der Waals surface area contributed by atoms with Crippen LogP contribution in [0.5, 0.6) is 0 Å². The van der Waals surface area contributed by atoms with Crippen molar-refractivity contribution in [2.75, 3.05) is 46.8 Å². The monoisotopic (exact) mass is 398 g/mol. The maximum atomic E-state index is 13.6. The van der Waals surface area contributed by atoms with Crippen molar-refractivity contribution < 1.29 is 4.79 Å². The Morgan fingerprint density at radius 1 is 1.03 bits per heavy atom. The lowest BCUT2D eigenvalue weighted by atomic mass is 9.81. The van der Waals surface area contributed by atoms with Gasteiger partial charge in [-0.05, 0) is 83.6 Å². The van der Waals surface area contributed by atoms with E-state index in [0.29, 0.717) is 12.1 Å². The van der Waals surface area contributed by atoms with Crippen LogP contribution in [0.15, 0.2) is 30.3 Å². The molecule has 3 fully saturated rings. The van der Waals surface area contributed by atoms with Crippen molar-refractivity contribution in [3.05, 3.63) is 35.9 Å². The molecule has 2 aliphatic heterocycles. The SMILES string of the molecule is CN(C)[C@@]1(c2ccccc2)CCCN(C2CCNCC2)C(=O)N(CC2CC2)CC1. The van der Waals surface area contributed by atoms with Gasteiger partial charge in [-0.25, -0.2) is 4.79 Å². The summed E-state index contributed by atoms with van der Waals surface area (Å²) in [6, 6.07) is 11.7. The summed E-state index contributed by atoms with van der Waals surface area (Å²) in [5.41, 5.74) is 1.38. The van der Waals surface area contributed by atoms with E-state index in [1.54, 1.807) is 0 Å². The Morgan fingerprint density at radius 3 is 2.41 bits per heavy atom. The van der Waals surface area contributed by atoms with Crippen molar-refractivity contribution in [3.63, 3.8) is 0 Å². The van der Waals surface area contributed by atoms with Crippen LogP contribution in [-0.4, -0.2) is 73.6 Å². The first-order valence-corrected chi connectivity index (χ1v) is 11.6. The first-order chi connectivity index (χ1) is 14.1. The van der Waals surface area contributed by atoms with Gasteiger partial charge < -0.3 is 15.1 Å². The van der Waals surface area contributed by atoms with E-state index in [-0.39, 0.29) is 5.54 Å². The molecule has 0 unspecified atom stereocenters. The van der Waals surface area contributed by atoms with Gasteiger partial charge in [0.2, 0.25) is 0 Å². The zero-order valence-corrected chi connectivity index (χ0v) is 18.3. The molecule has 0 radical (unpaired) electrons. The Hall–Kier alpha value is -1.59. The highest BCUT2D eigenvalue weighted by atomic mass is 16.2. The lowest BCUT2D eigenvalue weighted by Gasteiger charge is -2.41. The summed E-state index contributed by atoms with van der Waals surface area (Å²) in [6.45, 7) is 4.74. The van der Waals surface area contributed by atoms with Gasteiger partial charge in [0.25, 0.3) is 0 Å². The fourth-order valence-electron chi connectivity index (χ4n) is 5.34. The van der Waals surface area contributed by atoms with Crippen molar-refractivity contribution in [1.29, 1.82) is 0 Å². The van der Waals surface area contributed by atoms with Gasteiger partial charge in [0.1, 0.15) is 0 Å². The molecule has 2 heterocycles. The maximum Gasteiger partial charge on any atom is 0.320 e. The molecule has 3 aliphatic rings. The third-order valence-electron chi connectivity index (χ3n) is 7.39. The average molecular weight is 399 g/mol. The summed E-state index contributed by atoms with van der Waals surface area (Å²) in [6.07, 6.45) is 7.89. The molecule has 1 aliphatic carbocycles. The van der Waals surface area contributed by atoms with Crippen LogP contribution in [0.25, 0.3) is 0 Å². The minimum atomic E-state index is -0.00648. The van der Waals surface area contributed by atoms with Crippen LogP contribution in [0.2, 0.25) is 0 Å². The van der Waals surface area contributed by atoms with Crippen LogP contribution in [0.1, 0.15) is 50.5 Å². The van der Waals surface area contributed by atoms with Crippen LogP contribution in [0, 0.1) is 5.92 Å². The van der Waals surface area contributed by atoms with E-state index >= 15 is 0 Å². The predicted molar refractivity (Wildman–Crippen MR) is 118 cm³/mol. The van der Waals surface area contributed by atoms with E-state index in [2.05, 4.69) is 64.4 Å². The number of carbonyl (C=O) groups excluding carboxylic acids is 1. The molecule has 2 saturated heterocycles. The third-order valence-corrected chi connectivity index (χ3v) is 7.39. The largest absolute Gasteiger partial charge is 0.324 e. The molecule has 0 bridgehead atoms. The fraction of sp³-hybridized carbons (Fsp3) is 0.708. The molecule has 0 spiro atoms. The summed E-state index contributed by atoms with van der Waals surface area (Å²) in [5.74, 6) is 0.722. The second-order valence-electron chi connectivity index (χ2n) is 9.49. The molecular formula is C24H38N4O. The molecule has 29 heavy (non-hydrogen) atoms. The van der Waals surface area contributed by atoms with E-state index in [9.17, 15) is 4.79 Å². The molecule has 1 N–H and O–H groups in total. The average Bonchev–Trinajstić information content (AvgIpc) is 3.56. The molecular weight excluding hydrogens is 360 g/mol. The third kappa shape index (κ3) is 4.61. The summed E-state index contributed by atoms with van der Waals surface area (Å²) >= 11 is 0. The van der Waals surface area contributed by atoms with Crippen molar-refractivity contribution in [2.24, 2.45) is 5.92 Å². The molecule has 0 aromatic heterocycles. The Labute approximate surface area is 176 Å². The summed E-state index contributed by atoms with van der Waals surface area (Å²) < 4.78 is 0. The van der Waals surface area contributed by atoms with E-state index in [1.165, 1.54) is 18.4 Å². The molecule has 1 saturated carbocycles. The Balaban J connectivity index is 1.61. The highest BCUT2D eigenvalue weighted by Crippen LogP contribution is 2.38. The smallest absolute Gasteiger partial charge is 0.320 e. The van der Waals surface area contributed by atoms with Gasteiger partial charge in [-0.2, -0.15) is 0 Å². The second kappa shape index (κ2) is 9.05. The topological polar surface area (TPSA) is 38.8 Å². The van der Waals surface area contributed by atoms with Gasteiger partial charge in [-0.1, -0.05) is 30.3 Å². The number of rotatable bonds is 5. The van der Waals surface area contributed by atoms with Crippen molar-refractivity contribution in [3.8, 4) is 0 Å². The molecule has 160 valence electrons. The standard InChI is InChI=1S/C24H38N4O/c1-26(2)24(21-7-4-3-5-8-21)13-6-17-28(22-11-15-25-16-12-22)23(29)27(18-14-24)19-20-9-10-20/h3-5,7-8,20,22,25H,6,9-19H2,1-2H3/t24-/m0/s1. The number of hydrogen-bond donors (Lipinski definition) is 1. The molecule has 1 atom stereocenters. The van der Waals surface area contributed by atoms with Crippen LogP contribution in [-0.2, 0) is 5.54 Å². The van der Waals surface area contributed by atoms with E-state index < -0.39 is 0 Å². The Bertz CT molecular complexity index is 669. The highest BCUT2D eigenvalue weighted by Gasteiger charge is 2.39. The molecule has 1 aromatic carbocycles. The van der Waals surface area contributed by atoms with Crippen LogP contribution >= 0.6 is 0 Å². The zero-order valence-electron chi connectivity index (χ0n) is 18.3. The predicted octanol–water partition coefficient (Wildman–Crippen LogP) is 3.51. The van der Waals surface area contributed by atoms with Gasteiger partial charge in [0.05, 0.1) is 0 Å². The molecule has 2 amide bonds. The summed E-state index contributed by atoms with van der Waals surface area (Å²) in [7, 11) is 4.42. The van der Waals surface area contributed by atoms with Gasteiger partial charge in [-0.3, -0.25) is 4.90 Å². The quantitative estimate of drug-likeness (QED) is 0.825. The number of nitrogens with one attached hydrogen (secondary N) is 1. The van der Waals surface area contributed by atoms with Gasteiger partial charge in [-0.15, -0.1) is 0 Å². The maximum absolute atomic E-state index is 13.6. The van der Waals surface area contributed by atoms with Crippen LogP contribution in [0.4, 0.5) is 4.79 Å². The van der Waals surface area contributed by atoms with Crippen molar-refractivity contribution in [2.45, 2.75) is 56.5 Å². The number of benzene rings is 1. The second-order valence-corrected chi connectivity index (χ2v) is 9.49. The molecule has 5 heteroatoms. The first-order valence-electron chi connectivity index (χ1n) is 11.6. The van der Waals surface area contributed by atoms with Crippen molar-refractivity contribution in [1.82, 2.24) is 20.0 Å².